The Morgan fingerprint density at radius 2 is 1.81 bits per heavy atom. The lowest BCUT2D eigenvalue weighted by Crippen LogP contribution is -2.07. The Bertz CT molecular complexity index is 730. The van der Waals surface area contributed by atoms with Gasteiger partial charge >= 0.3 is 0 Å². The van der Waals surface area contributed by atoms with E-state index in [-0.39, 0.29) is 0 Å². The van der Waals surface area contributed by atoms with Crippen LogP contribution in [0.5, 0.6) is 0 Å². The zero-order chi connectivity index (χ0) is 14.8. The van der Waals surface area contributed by atoms with Crippen molar-refractivity contribution in [2.45, 2.75) is 18.2 Å². The van der Waals surface area contributed by atoms with E-state index in [1.165, 1.54) is 10.5 Å². The van der Waals surface area contributed by atoms with Crippen molar-refractivity contribution in [3.05, 3.63) is 59.2 Å². The van der Waals surface area contributed by atoms with Crippen LogP contribution in [0.15, 0.2) is 57.6 Å². The van der Waals surface area contributed by atoms with Gasteiger partial charge in [0.2, 0.25) is 0 Å². The number of anilines is 1. The molecule has 0 atom stereocenters. The molecule has 0 amide bonds. The average molecular weight is 295 g/mol. The number of fused-ring (bicyclic) bond motifs is 1. The fourth-order valence-corrected chi connectivity index (χ4v) is 2.89. The quantitative estimate of drug-likeness (QED) is 0.677. The maximum atomic E-state index is 5.77. The van der Waals surface area contributed by atoms with Crippen LogP contribution in [0, 0.1) is 0 Å². The molecule has 0 aliphatic carbocycles. The molecule has 0 unspecified atom stereocenters. The molecule has 1 aliphatic rings. The van der Waals surface area contributed by atoms with Crippen molar-refractivity contribution < 1.29 is 0 Å². The summed E-state index contributed by atoms with van der Waals surface area (Å²) in [6, 6.07) is 14.3. The summed E-state index contributed by atoms with van der Waals surface area (Å²) >= 11 is 1.75. The van der Waals surface area contributed by atoms with E-state index in [0.717, 1.165) is 34.7 Å². The van der Waals surface area contributed by atoms with Crippen LogP contribution >= 0.6 is 11.8 Å². The van der Waals surface area contributed by atoms with Crippen LogP contribution in [0.2, 0.25) is 0 Å². The van der Waals surface area contributed by atoms with E-state index >= 15 is 0 Å². The van der Waals surface area contributed by atoms with Gasteiger partial charge in [-0.25, -0.2) is 0 Å². The van der Waals surface area contributed by atoms with Crippen LogP contribution in [0.4, 0.5) is 5.69 Å². The van der Waals surface area contributed by atoms with E-state index in [9.17, 15) is 0 Å². The van der Waals surface area contributed by atoms with Crippen molar-refractivity contribution in [2.24, 2.45) is 10.2 Å². The highest BCUT2D eigenvalue weighted by Gasteiger charge is 2.16. The molecule has 0 saturated carbocycles. The van der Waals surface area contributed by atoms with E-state index in [2.05, 4.69) is 34.7 Å². The molecule has 0 saturated heterocycles. The molecule has 0 spiro atoms. The summed E-state index contributed by atoms with van der Waals surface area (Å²) in [6.45, 7) is 2.02. The van der Waals surface area contributed by atoms with Crippen molar-refractivity contribution in [3.8, 4) is 0 Å². The van der Waals surface area contributed by atoms with Crippen molar-refractivity contribution >= 4 is 28.9 Å². The van der Waals surface area contributed by atoms with Crippen LogP contribution in [0.25, 0.3) is 0 Å². The number of nitrogens with two attached hydrogens (primary N) is 1. The zero-order valence-electron chi connectivity index (χ0n) is 12.1. The summed E-state index contributed by atoms with van der Waals surface area (Å²) in [5, 5.41) is 8.80. The van der Waals surface area contributed by atoms with Crippen molar-refractivity contribution in [3.63, 3.8) is 0 Å². The lowest BCUT2D eigenvalue weighted by molar-refractivity contribution is 1.20. The first kappa shape index (κ1) is 13.9. The second-order valence-electron chi connectivity index (χ2n) is 5.11. The predicted octanol–water partition coefficient (Wildman–Crippen LogP) is 3.76. The molecule has 2 N–H and O–H groups in total. The molecule has 1 aliphatic heterocycles. The Kier molecular flexibility index (Phi) is 3.80. The molecule has 0 aromatic heterocycles. The summed E-state index contributed by atoms with van der Waals surface area (Å²) in [4.78, 5) is 1.26. The van der Waals surface area contributed by atoms with Gasteiger partial charge < -0.3 is 5.73 Å². The Balaban J connectivity index is 2.15. The van der Waals surface area contributed by atoms with Gasteiger partial charge in [0, 0.05) is 33.8 Å². The minimum Gasteiger partial charge on any atom is -0.399 e. The Labute approximate surface area is 129 Å². The van der Waals surface area contributed by atoms with Crippen LogP contribution in [0.3, 0.4) is 0 Å². The Morgan fingerprint density at radius 3 is 2.52 bits per heavy atom. The molecular formula is C17H17N3S. The molecule has 21 heavy (non-hydrogen) atoms. The number of nitrogen functional groups attached to an aromatic ring is 1. The second-order valence-corrected chi connectivity index (χ2v) is 5.99. The largest absolute Gasteiger partial charge is 0.399 e. The third kappa shape index (κ3) is 2.85. The van der Waals surface area contributed by atoms with Crippen molar-refractivity contribution in [1.29, 1.82) is 0 Å². The van der Waals surface area contributed by atoms with Gasteiger partial charge in [-0.05, 0) is 43.0 Å². The lowest BCUT2D eigenvalue weighted by atomic mass is 9.95. The van der Waals surface area contributed by atoms with Crippen LogP contribution < -0.4 is 5.73 Å². The summed E-state index contributed by atoms with van der Waals surface area (Å²) in [5.41, 5.74) is 11.9. The molecule has 1 heterocycles. The molecule has 3 rings (SSSR count). The Morgan fingerprint density at radius 1 is 1.05 bits per heavy atom. The summed E-state index contributed by atoms with van der Waals surface area (Å²) in [5.74, 6) is 0. The predicted molar refractivity (Wildman–Crippen MR) is 91.5 cm³/mol. The first-order valence-electron chi connectivity index (χ1n) is 6.81. The second kappa shape index (κ2) is 5.74. The maximum absolute atomic E-state index is 5.77. The summed E-state index contributed by atoms with van der Waals surface area (Å²) in [6.07, 6.45) is 2.93. The monoisotopic (exact) mass is 295 g/mol. The number of thioether (sulfide) groups is 1. The smallest absolute Gasteiger partial charge is 0.100 e. The highest BCUT2D eigenvalue weighted by atomic mass is 32.2. The summed E-state index contributed by atoms with van der Waals surface area (Å²) < 4.78 is 0. The zero-order valence-corrected chi connectivity index (χ0v) is 12.9. The lowest BCUT2D eigenvalue weighted by Gasteiger charge is -2.11. The van der Waals surface area contributed by atoms with E-state index in [1.54, 1.807) is 11.8 Å². The van der Waals surface area contributed by atoms with Gasteiger partial charge in [0.1, 0.15) is 5.71 Å². The van der Waals surface area contributed by atoms with Crippen LogP contribution in [-0.2, 0) is 6.42 Å². The first-order valence-corrected chi connectivity index (χ1v) is 8.04. The van der Waals surface area contributed by atoms with E-state index < -0.39 is 0 Å². The van der Waals surface area contributed by atoms with E-state index in [4.69, 9.17) is 5.73 Å². The van der Waals surface area contributed by atoms with Gasteiger partial charge in [0.15, 0.2) is 0 Å². The van der Waals surface area contributed by atoms with Gasteiger partial charge in [-0.1, -0.05) is 18.2 Å². The van der Waals surface area contributed by atoms with E-state index in [0.29, 0.717) is 0 Å². The van der Waals surface area contributed by atoms with E-state index in [1.807, 2.05) is 31.2 Å². The minimum atomic E-state index is 0.755. The number of benzene rings is 2. The number of nitrogens with zero attached hydrogens (tertiary/aromatic N) is 2. The molecule has 0 fully saturated rings. The van der Waals surface area contributed by atoms with Gasteiger partial charge in [0.05, 0.1) is 0 Å². The third-order valence-electron chi connectivity index (χ3n) is 3.52. The molecular weight excluding hydrogens is 278 g/mol. The minimum absolute atomic E-state index is 0.755. The Hall–Kier alpha value is -2.07. The standard InChI is InChI=1S/C17H17N3S/c1-11-9-13-10-15(21-2)7-8-16(13)17(20-19-11)12-3-5-14(18)6-4-12/h3-8,10H,9,18H2,1-2H3. The maximum Gasteiger partial charge on any atom is 0.100 e. The molecule has 4 heteroatoms. The number of hydrogen-bond donors (Lipinski definition) is 1. The fraction of sp³-hybridized carbons (Fsp3) is 0.176. The topological polar surface area (TPSA) is 50.7 Å². The molecule has 2 aromatic rings. The highest BCUT2D eigenvalue weighted by Crippen LogP contribution is 2.25. The van der Waals surface area contributed by atoms with Gasteiger partial charge in [0.25, 0.3) is 0 Å². The highest BCUT2D eigenvalue weighted by molar-refractivity contribution is 7.98. The number of hydrogen-bond acceptors (Lipinski definition) is 4. The molecule has 106 valence electrons. The molecule has 0 radical (unpaired) electrons. The fourth-order valence-electron chi connectivity index (χ4n) is 2.43. The van der Waals surface area contributed by atoms with Crippen LogP contribution in [-0.4, -0.2) is 17.7 Å². The average Bonchev–Trinajstić information content (AvgIpc) is 2.65. The van der Waals surface area contributed by atoms with Gasteiger partial charge in [-0.3, -0.25) is 0 Å². The van der Waals surface area contributed by atoms with Gasteiger partial charge in [-0.2, -0.15) is 5.10 Å². The SMILES string of the molecule is CSc1ccc2c(c1)CC(C)=NN=C2c1ccc(N)cc1. The van der Waals surface area contributed by atoms with Crippen molar-refractivity contribution in [2.75, 3.05) is 12.0 Å². The first-order chi connectivity index (χ1) is 10.2. The molecule has 2 aromatic carbocycles. The van der Waals surface area contributed by atoms with Crippen LogP contribution in [0.1, 0.15) is 23.6 Å². The number of rotatable bonds is 2. The van der Waals surface area contributed by atoms with Crippen molar-refractivity contribution in [1.82, 2.24) is 0 Å². The summed E-state index contributed by atoms with van der Waals surface area (Å²) in [7, 11) is 0. The third-order valence-corrected chi connectivity index (χ3v) is 4.24. The molecule has 0 bridgehead atoms. The normalized spacial score (nSPS) is 14.0. The molecule has 3 nitrogen and oxygen atoms in total. The van der Waals surface area contributed by atoms with Gasteiger partial charge in [-0.15, -0.1) is 16.9 Å².